The molecule has 6 rings (SSSR count). The van der Waals surface area contributed by atoms with Crippen molar-refractivity contribution in [3.8, 4) is 22.3 Å². The van der Waals surface area contributed by atoms with Crippen molar-refractivity contribution in [3.63, 3.8) is 0 Å². The van der Waals surface area contributed by atoms with Gasteiger partial charge in [-0.15, -0.1) is 0 Å². The van der Waals surface area contributed by atoms with Crippen LogP contribution in [0.15, 0.2) is 96.1 Å². The summed E-state index contributed by atoms with van der Waals surface area (Å²) in [6, 6.07) is 22.5. The van der Waals surface area contributed by atoms with Gasteiger partial charge in [-0.1, -0.05) is 0 Å². The second-order valence-corrected chi connectivity index (χ2v) is 58.8. The van der Waals surface area contributed by atoms with Crippen molar-refractivity contribution >= 4 is 35.1 Å². The van der Waals surface area contributed by atoms with Crippen LogP contribution >= 0.6 is 17.0 Å². The van der Waals surface area contributed by atoms with Gasteiger partial charge in [0.25, 0.3) is 0 Å². The summed E-state index contributed by atoms with van der Waals surface area (Å²) >= 11 is -5.30. The van der Waals surface area contributed by atoms with Gasteiger partial charge in [-0.05, 0) is 0 Å². The third-order valence-corrected chi connectivity index (χ3v) is 64.1. The topological polar surface area (TPSA) is 0 Å². The molecule has 0 fully saturated rings. The van der Waals surface area contributed by atoms with Crippen LogP contribution < -0.4 is 0 Å². The molecule has 0 N–H and O–H groups in total. The minimum absolute atomic E-state index is 0.0914. The first-order valence-electron chi connectivity index (χ1n) is 19.0. The van der Waals surface area contributed by atoms with E-state index in [9.17, 15) is 39.5 Å². The standard InChI is InChI=1S/C21H14F9.C21H23.C2H7Si.2ClH.Zr/c1-2-12-10-14-4-3-5-16(17(14)11-12)13-6-8-15(9-7-13)18(19(22,23)24,20(25,26)27)21(28,29)30;1-14(2)16-8-10-17(11-9-16)20-7-5-6-18-12-19(15(3)4)13-21(18)20;1-3-2;;;/h3-11H,2H2,1H3;5-15H,1-4H3;3H,1-2H3;2*1H;/q;;;;;+2/p-2. The number of allylic oxidation sites excluding steroid dienone is 2. The summed E-state index contributed by atoms with van der Waals surface area (Å²) in [4.78, 5) is 0. The van der Waals surface area contributed by atoms with Gasteiger partial charge in [0, 0.05) is 0 Å². The average molecular weight is 934 g/mol. The molecule has 2 aliphatic rings. The second-order valence-electron chi connectivity index (χ2n) is 16.3. The first kappa shape index (κ1) is 44.0. The van der Waals surface area contributed by atoms with Crippen molar-refractivity contribution in [3.05, 3.63) is 129 Å². The van der Waals surface area contributed by atoms with E-state index in [-0.39, 0.29) is 30.9 Å². The molecule has 0 heterocycles. The number of benzene rings is 4. The van der Waals surface area contributed by atoms with Crippen molar-refractivity contribution in [2.24, 2.45) is 5.92 Å². The van der Waals surface area contributed by atoms with Crippen LogP contribution in [0.2, 0.25) is 13.1 Å². The van der Waals surface area contributed by atoms with Crippen molar-refractivity contribution in [2.45, 2.75) is 91.2 Å². The van der Waals surface area contributed by atoms with Crippen LogP contribution in [0, 0.1) is 5.92 Å². The van der Waals surface area contributed by atoms with Gasteiger partial charge >= 0.3 is 339 Å². The Bertz CT molecular complexity index is 2190. The van der Waals surface area contributed by atoms with E-state index < -0.39 is 51.0 Å². The molecule has 0 radical (unpaired) electrons. The summed E-state index contributed by atoms with van der Waals surface area (Å²) in [7, 11) is 17.0. The molecular formula is C44H44Cl2F9SiZr. The molecule has 0 bridgehead atoms. The van der Waals surface area contributed by atoms with Gasteiger partial charge in [-0.25, -0.2) is 0 Å². The van der Waals surface area contributed by atoms with Crippen molar-refractivity contribution in [1.29, 1.82) is 0 Å². The molecule has 2 atom stereocenters. The van der Waals surface area contributed by atoms with Crippen LogP contribution in [0.5, 0.6) is 0 Å². The molecule has 0 saturated carbocycles. The molecule has 0 nitrogen and oxygen atoms in total. The fraction of sp³-hybridized carbons (Fsp3) is 0.364. The van der Waals surface area contributed by atoms with Crippen molar-refractivity contribution in [2.75, 3.05) is 0 Å². The molecule has 57 heavy (non-hydrogen) atoms. The number of hydrogen-bond donors (Lipinski definition) is 0. The molecule has 0 spiro atoms. The van der Waals surface area contributed by atoms with Crippen LogP contribution in [-0.4, -0.2) is 24.5 Å². The normalized spacial score (nSPS) is 18.4. The SMILES string of the molecule is CCC1=Cc2c(-c3ccc(C(C(F)(F)F)(C(F)(F)F)C(F)(F)F)cc3)cccc2[CH]1[Zr]([Cl])([Cl])([CH]1C(C(C)C)=Cc2c(-c3ccc(C(C)C)cc3)cccc21)[SiH](C)C. The van der Waals surface area contributed by atoms with Gasteiger partial charge in [0.1, 0.15) is 0 Å². The van der Waals surface area contributed by atoms with E-state index in [0.29, 0.717) is 23.5 Å². The van der Waals surface area contributed by atoms with Crippen LogP contribution in [0.1, 0.15) is 87.6 Å². The van der Waals surface area contributed by atoms with Crippen molar-refractivity contribution in [1.82, 2.24) is 0 Å². The van der Waals surface area contributed by atoms with E-state index >= 15 is 0 Å². The molecule has 4 aromatic rings. The van der Waals surface area contributed by atoms with Gasteiger partial charge < -0.3 is 0 Å². The van der Waals surface area contributed by atoms with Crippen LogP contribution in [0.25, 0.3) is 34.4 Å². The third kappa shape index (κ3) is 6.77. The van der Waals surface area contributed by atoms with Crippen LogP contribution in [-0.2, 0) is 21.0 Å². The predicted octanol–water partition coefficient (Wildman–Crippen LogP) is 15.7. The molecule has 4 aromatic carbocycles. The molecule has 0 saturated heterocycles. The van der Waals surface area contributed by atoms with E-state index in [4.69, 9.17) is 17.0 Å². The van der Waals surface area contributed by atoms with E-state index in [0.717, 1.165) is 51.1 Å². The van der Waals surface area contributed by atoms with Crippen LogP contribution in [0.4, 0.5) is 39.5 Å². The Kier molecular flexibility index (Phi) is 11.5. The zero-order valence-corrected chi connectivity index (χ0v) is 37.6. The third-order valence-electron chi connectivity index (χ3n) is 12.3. The maximum atomic E-state index is 14.0. The fourth-order valence-electron chi connectivity index (χ4n) is 9.22. The van der Waals surface area contributed by atoms with E-state index in [1.54, 1.807) is 12.1 Å². The van der Waals surface area contributed by atoms with Gasteiger partial charge in [-0.2, -0.15) is 0 Å². The Labute approximate surface area is 337 Å². The van der Waals surface area contributed by atoms with Gasteiger partial charge in [0.05, 0.1) is 0 Å². The minimum atomic E-state index is -6.71. The van der Waals surface area contributed by atoms with Gasteiger partial charge in [0.15, 0.2) is 0 Å². The predicted molar refractivity (Wildman–Crippen MR) is 215 cm³/mol. The van der Waals surface area contributed by atoms with Crippen LogP contribution in [0.3, 0.4) is 0 Å². The van der Waals surface area contributed by atoms with Gasteiger partial charge in [-0.3, -0.25) is 0 Å². The summed E-state index contributed by atoms with van der Waals surface area (Å²) < 4.78 is 125. The first-order valence-corrected chi connectivity index (χ1v) is 35.3. The maximum absolute atomic E-state index is 14.0. The molecule has 0 aromatic heterocycles. The van der Waals surface area contributed by atoms with E-state index in [1.807, 2.05) is 25.1 Å². The first-order chi connectivity index (χ1) is 26.3. The summed E-state index contributed by atoms with van der Waals surface area (Å²) in [5.41, 5.74) is 1.74. The molecule has 0 aliphatic heterocycles. The zero-order chi connectivity index (χ0) is 42.3. The second kappa shape index (κ2) is 14.8. The van der Waals surface area contributed by atoms with Crippen molar-refractivity contribution < 1.29 is 55.1 Å². The number of halogens is 11. The number of alkyl halides is 9. The quantitative estimate of drug-likeness (QED) is 0.116. The van der Waals surface area contributed by atoms with Gasteiger partial charge in [0.2, 0.25) is 0 Å². The Morgan fingerprint density at radius 1 is 0.596 bits per heavy atom. The van der Waals surface area contributed by atoms with E-state index in [1.165, 1.54) is 5.56 Å². The molecular weight excluding hydrogens is 890 g/mol. The summed E-state index contributed by atoms with van der Waals surface area (Å²) in [5, 5.41) is 0. The molecule has 0 amide bonds. The monoisotopic (exact) mass is 931 g/mol. The number of rotatable bonds is 9. The summed E-state index contributed by atoms with van der Waals surface area (Å²) in [6.07, 6.45) is -15.3. The fourth-order valence-corrected chi connectivity index (χ4v) is 40.9. The summed E-state index contributed by atoms with van der Waals surface area (Å²) in [5.74, 6) is -1.54. The van der Waals surface area contributed by atoms with E-state index in [2.05, 4.69) is 83.3 Å². The molecule has 2 unspecified atom stereocenters. The Hall–Kier alpha value is -2.59. The Balaban J connectivity index is 1.52. The summed E-state index contributed by atoms with van der Waals surface area (Å²) in [6.45, 7) is 15.0. The Morgan fingerprint density at radius 2 is 1.04 bits per heavy atom. The Morgan fingerprint density at radius 3 is 1.44 bits per heavy atom. The molecule has 305 valence electrons. The number of fused-ring (bicyclic) bond motifs is 2. The zero-order valence-electron chi connectivity index (χ0n) is 32.5. The average Bonchev–Trinajstić information content (AvgIpc) is 3.71. The molecule has 2 aliphatic carbocycles. The number of hydrogen-bond acceptors (Lipinski definition) is 0. The molecule has 13 heteroatoms.